The zero-order chi connectivity index (χ0) is 16.6. The third kappa shape index (κ3) is 9.89. The van der Waals surface area contributed by atoms with Crippen LogP contribution in [0, 0.1) is 0 Å². The Morgan fingerprint density at radius 1 is 0.476 bits per heavy atom. The standard InChI is InChI=1S/2C4H6O6.Ti/c2*5-1(3(7)8)2(6)4(9)10;/h2*1-2,5-6H,(H,7,8)(H,9,10);. The second kappa shape index (κ2) is 11.1. The van der Waals surface area contributed by atoms with E-state index in [0.29, 0.717) is 0 Å². The van der Waals surface area contributed by atoms with Gasteiger partial charge in [0.1, 0.15) is 0 Å². The molecule has 0 bridgehead atoms. The molecule has 120 valence electrons. The minimum Gasteiger partial charge on any atom is -0.479 e. The van der Waals surface area contributed by atoms with Crippen molar-refractivity contribution in [2.45, 2.75) is 24.4 Å². The molecule has 12 nitrogen and oxygen atoms in total. The van der Waals surface area contributed by atoms with Gasteiger partial charge in [-0.15, -0.1) is 0 Å². The van der Waals surface area contributed by atoms with Crippen molar-refractivity contribution in [1.29, 1.82) is 0 Å². The fourth-order valence-corrected chi connectivity index (χ4v) is 0.540. The molecule has 0 saturated heterocycles. The van der Waals surface area contributed by atoms with Gasteiger partial charge in [0.05, 0.1) is 0 Å². The molecule has 0 aromatic carbocycles. The molecule has 0 rings (SSSR count). The first-order valence-electron chi connectivity index (χ1n) is 4.57. The molecule has 0 radical (unpaired) electrons. The van der Waals surface area contributed by atoms with Crippen molar-refractivity contribution in [1.82, 2.24) is 0 Å². The maximum atomic E-state index is 9.77. The summed E-state index contributed by atoms with van der Waals surface area (Å²) >= 11 is 0. The van der Waals surface area contributed by atoms with E-state index >= 15 is 0 Å². The number of carbonyl (C=O) groups is 4. The number of hydrogen-bond donors (Lipinski definition) is 8. The predicted octanol–water partition coefficient (Wildman–Crippen LogP) is -4.25. The van der Waals surface area contributed by atoms with Crippen LogP contribution in [0.5, 0.6) is 0 Å². The smallest absolute Gasteiger partial charge is 0.335 e. The fraction of sp³-hybridized carbons (Fsp3) is 0.500. The summed E-state index contributed by atoms with van der Waals surface area (Å²) in [6.07, 6.45) is -9.06. The Bertz CT molecular complexity index is 309. The van der Waals surface area contributed by atoms with Crippen molar-refractivity contribution in [3.8, 4) is 0 Å². The predicted molar refractivity (Wildman–Crippen MR) is 54.6 cm³/mol. The average Bonchev–Trinajstić information content (AvgIpc) is 2.35. The maximum absolute atomic E-state index is 9.77. The van der Waals surface area contributed by atoms with Gasteiger partial charge in [-0.05, 0) is 0 Å². The molecule has 0 aromatic rings. The Morgan fingerprint density at radius 3 is 0.619 bits per heavy atom. The largest absolute Gasteiger partial charge is 0.479 e. The van der Waals surface area contributed by atoms with Crippen molar-refractivity contribution in [2.75, 3.05) is 0 Å². The summed E-state index contributed by atoms with van der Waals surface area (Å²) in [6, 6.07) is 0. The molecule has 21 heavy (non-hydrogen) atoms. The van der Waals surface area contributed by atoms with Gasteiger partial charge in [0, 0.05) is 21.7 Å². The number of rotatable bonds is 6. The molecule has 0 saturated carbocycles. The van der Waals surface area contributed by atoms with Gasteiger partial charge >= 0.3 is 23.9 Å². The SMILES string of the molecule is O=C(O)C(O)C(O)C(=O)O.O=C(O)C(O)C(O)C(=O)O.[Ti]. The first-order chi connectivity index (χ1) is 8.93. The molecule has 0 heterocycles. The summed E-state index contributed by atoms with van der Waals surface area (Å²) in [5.74, 6) is -7.07. The van der Waals surface area contributed by atoms with E-state index in [2.05, 4.69) is 0 Å². The summed E-state index contributed by atoms with van der Waals surface area (Å²) in [5.41, 5.74) is 0. The van der Waals surface area contributed by atoms with E-state index in [9.17, 15) is 19.2 Å². The van der Waals surface area contributed by atoms with Gasteiger partial charge in [0.2, 0.25) is 0 Å². The molecular formula is C8H12O12Ti. The Morgan fingerprint density at radius 2 is 0.571 bits per heavy atom. The van der Waals surface area contributed by atoms with E-state index in [1.807, 2.05) is 0 Å². The second-order valence-electron chi connectivity index (χ2n) is 3.13. The van der Waals surface area contributed by atoms with Gasteiger partial charge in [-0.25, -0.2) is 19.2 Å². The number of carboxylic acids is 4. The number of aliphatic hydroxyl groups is 4. The van der Waals surface area contributed by atoms with Crippen LogP contribution in [0.2, 0.25) is 0 Å². The van der Waals surface area contributed by atoms with E-state index in [0.717, 1.165) is 0 Å². The van der Waals surface area contributed by atoms with E-state index in [1.165, 1.54) is 0 Å². The van der Waals surface area contributed by atoms with E-state index in [4.69, 9.17) is 40.9 Å². The molecule has 0 aliphatic carbocycles. The number of aliphatic carboxylic acids is 4. The summed E-state index contributed by atoms with van der Waals surface area (Å²) in [6.45, 7) is 0. The second-order valence-corrected chi connectivity index (χ2v) is 3.13. The van der Waals surface area contributed by atoms with Crippen LogP contribution in [0.4, 0.5) is 0 Å². The molecule has 4 unspecified atom stereocenters. The van der Waals surface area contributed by atoms with Crippen LogP contribution in [0.25, 0.3) is 0 Å². The summed E-state index contributed by atoms with van der Waals surface area (Å²) < 4.78 is 0. The van der Waals surface area contributed by atoms with Crippen LogP contribution in [-0.4, -0.2) is 89.1 Å². The zero-order valence-electron chi connectivity index (χ0n) is 10.0. The Balaban J connectivity index is -0.000000295. The monoisotopic (exact) mass is 348 g/mol. The first-order valence-corrected chi connectivity index (χ1v) is 4.57. The van der Waals surface area contributed by atoms with Crippen molar-refractivity contribution < 1.29 is 81.7 Å². The number of carboxylic acid groups (broad SMARTS) is 4. The Hall–Kier alpha value is -1.57. The molecule has 4 atom stereocenters. The van der Waals surface area contributed by atoms with Crippen molar-refractivity contribution >= 4 is 23.9 Å². The number of hydrogen-bond acceptors (Lipinski definition) is 8. The molecule has 0 aliphatic heterocycles. The Kier molecular flexibility index (Phi) is 13.0. The van der Waals surface area contributed by atoms with Crippen molar-refractivity contribution in [3.05, 3.63) is 0 Å². The fourth-order valence-electron chi connectivity index (χ4n) is 0.540. The molecule has 0 fully saturated rings. The third-order valence-corrected chi connectivity index (χ3v) is 1.61. The van der Waals surface area contributed by atoms with Crippen LogP contribution in [0.1, 0.15) is 0 Å². The summed E-state index contributed by atoms with van der Waals surface area (Å²) in [4.78, 5) is 39.1. The third-order valence-electron chi connectivity index (χ3n) is 1.61. The normalized spacial score (nSPS) is 15.0. The van der Waals surface area contributed by atoms with E-state index in [-0.39, 0.29) is 21.7 Å². The molecule has 0 spiro atoms. The van der Waals surface area contributed by atoms with E-state index < -0.39 is 48.3 Å². The van der Waals surface area contributed by atoms with Crippen molar-refractivity contribution in [2.24, 2.45) is 0 Å². The van der Waals surface area contributed by atoms with Crippen LogP contribution < -0.4 is 0 Å². The first kappa shape index (κ1) is 24.5. The molecule has 8 N–H and O–H groups in total. The minimum absolute atomic E-state index is 0. The van der Waals surface area contributed by atoms with Gasteiger partial charge in [-0.3, -0.25) is 0 Å². The van der Waals surface area contributed by atoms with Gasteiger partial charge in [-0.1, -0.05) is 0 Å². The van der Waals surface area contributed by atoms with E-state index in [1.54, 1.807) is 0 Å². The topological polar surface area (TPSA) is 230 Å². The van der Waals surface area contributed by atoms with Crippen molar-refractivity contribution in [3.63, 3.8) is 0 Å². The quantitative estimate of drug-likeness (QED) is 0.213. The molecule has 0 aromatic heterocycles. The van der Waals surface area contributed by atoms with Crippen LogP contribution in [0.15, 0.2) is 0 Å². The van der Waals surface area contributed by atoms with Crippen LogP contribution in [0.3, 0.4) is 0 Å². The zero-order valence-corrected chi connectivity index (χ0v) is 11.6. The summed E-state index contributed by atoms with van der Waals surface area (Å²) in [5, 5.41) is 65.1. The van der Waals surface area contributed by atoms with Gasteiger partial charge in [-0.2, -0.15) is 0 Å². The van der Waals surface area contributed by atoms with Gasteiger partial charge in [0.15, 0.2) is 24.4 Å². The number of aliphatic hydroxyl groups excluding tert-OH is 4. The van der Waals surface area contributed by atoms with Crippen LogP contribution >= 0.6 is 0 Å². The minimum atomic E-state index is -2.27. The molecule has 13 heteroatoms. The molecule has 0 aliphatic rings. The Labute approximate surface area is 130 Å². The maximum Gasteiger partial charge on any atom is 0.335 e. The average molecular weight is 348 g/mol. The van der Waals surface area contributed by atoms with Gasteiger partial charge < -0.3 is 40.9 Å². The summed E-state index contributed by atoms with van der Waals surface area (Å²) in [7, 11) is 0. The van der Waals surface area contributed by atoms with Crippen LogP contribution in [-0.2, 0) is 40.9 Å². The van der Waals surface area contributed by atoms with Gasteiger partial charge in [0.25, 0.3) is 0 Å². The molecule has 0 amide bonds. The molecular weight excluding hydrogens is 336 g/mol.